The maximum absolute atomic E-state index is 11.1. The lowest BCUT2D eigenvalue weighted by Crippen LogP contribution is -2.27. The zero-order valence-corrected chi connectivity index (χ0v) is 30.4. The number of phenolic OH excluding ortho intramolecular Hbond substituents is 3. The Balaban J connectivity index is 1.98. The van der Waals surface area contributed by atoms with Crippen molar-refractivity contribution in [2.45, 2.75) is 78.0 Å². The van der Waals surface area contributed by atoms with Crippen LogP contribution in [-0.2, 0) is 74.0 Å². The van der Waals surface area contributed by atoms with Gasteiger partial charge in [0.15, 0.2) is 0 Å². The molecule has 0 saturated heterocycles. The highest BCUT2D eigenvalue weighted by Gasteiger charge is 2.35. The van der Waals surface area contributed by atoms with Crippen molar-refractivity contribution in [2.75, 3.05) is 35.5 Å². The number of rotatable bonds is 16. The average Bonchev–Trinajstić information content (AvgIpc) is 3.09. The van der Waals surface area contributed by atoms with Crippen LogP contribution in [0, 0.1) is 0 Å². The third-order valence-electron chi connectivity index (χ3n) is 9.74. The van der Waals surface area contributed by atoms with Crippen LogP contribution < -0.4 is 0 Å². The predicted molar refractivity (Wildman–Crippen MR) is 191 cm³/mol. The van der Waals surface area contributed by atoms with E-state index in [1.807, 2.05) is 37.3 Å². The van der Waals surface area contributed by atoms with Crippen LogP contribution in [0.3, 0.4) is 0 Å². The van der Waals surface area contributed by atoms with E-state index in [1.54, 1.807) is 35.5 Å². The summed E-state index contributed by atoms with van der Waals surface area (Å²) in [6.45, 7) is 9.76. The van der Waals surface area contributed by atoms with Crippen molar-refractivity contribution in [3.8, 4) is 17.2 Å². The van der Waals surface area contributed by atoms with Crippen molar-refractivity contribution < 1.29 is 39.0 Å². The summed E-state index contributed by atoms with van der Waals surface area (Å²) >= 11 is 0. The molecule has 0 radical (unpaired) electrons. The van der Waals surface area contributed by atoms with Gasteiger partial charge in [0.05, 0.1) is 33.0 Å². The standard InChI is InChI=1S/C41H52O8/c1-10-26-15-34(16-27(21-45-5)37(26)42)40(2,3)32-11-13-33(14-12-32)41(4,35-17-28(22-46-6)38(43)29(18-35)23-47-7)36-19-30(24-48-8)39(44)31(20-36)25-49-9/h11-20,42-44H,10,21-25H2,1-9H3. The first-order valence-electron chi connectivity index (χ1n) is 16.5. The van der Waals surface area contributed by atoms with Crippen LogP contribution in [0.15, 0.2) is 60.7 Å². The van der Waals surface area contributed by atoms with Crippen LogP contribution in [0.5, 0.6) is 17.2 Å². The summed E-state index contributed by atoms with van der Waals surface area (Å²) < 4.78 is 27.4. The van der Waals surface area contributed by atoms with E-state index in [4.69, 9.17) is 23.7 Å². The minimum atomic E-state index is -0.764. The maximum Gasteiger partial charge on any atom is 0.126 e. The van der Waals surface area contributed by atoms with E-state index in [2.05, 4.69) is 51.1 Å². The lowest BCUT2D eigenvalue weighted by Gasteiger charge is -2.35. The Hall–Kier alpha value is -3.92. The number of aromatic hydroxyl groups is 3. The molecule has 4 rings (SSSR count). The summed E-state index contributed by atoms with van der Waals surface area (Å²) in [5.41, 5.74) is 8.13. The van der Waals surface area contributed by atoms with E-state index in [-0.39, 0.29) is 43.3 Å². The van der Waals surface area contributed by atoms with Crippen molar-refractivity contribution in [3.05, 3.63) is 122 Å². The average molecular weight is 673 g/mol. The van der Waals surface area contributed by atoms with Gasteiger partial charge in [-0.2, -0.15) is 0 Å². The lowest BCUT2D eigenvalue weighted by atomic mass is 9.68. The van der Waals surface area contributed by atoms with Crippen LogP contribution in [0.1, 0.15) is 88.9 Å². The number of aryl methyl sites for hydroxylation is 1. The molecule has 49 heavy (non-hydrogen) atoms. The Bertz CT molecular complexity index is 1610. The van der Waals surface area contributed by atoms with Crippen LogP contribution >= 0.6 is 0 Å². The van der Waals surface area contributed by atoms with Gasteiger partial charge in [0.1, 0.15) is 17.2 Å². The van der Waals surface area contributed by atoms with Gasteiger partial charge in [0.2, 0.25) is 0 Å². The lowest BCUT2D eigenvalue weighted by molar-refractivity contribution is 0.174. The van der Waals surface area contributed by atoms with Crippen molar-refractivity contribution >= 4 is 0 Å². The van der Waals surface area contributed by atoms with Gasteiger partial charge in [-0.25, -0.2) is 0 Å². The van der Waals surface area contributed by atoms with Crippen LogP contribution in [0.4, 0.5) is 0 Å². The van der Waals surface area contributed by atoms with E-state index < -0.39 is 5.41 Å². The molecule has 0 amide bonds. The molecule has 4 aromatic rings. The second kappa shape index (κ2) is 16.2. The molecule has 8 nitrogen and oxygen atoms in total. The summed E-state index contributed by atoms with van der Waals surface area (Å²) in [5, 5.41) is 33.1. The molecule has 3 N–H and O–H groups in total. The summed E-state index contributed by atoms with van der Waals surface area (Å²) in [4.78, 5) is 0. The first-order chi connectivity index (χ1) is 23.4. The SMILES string of the molecule is CCc1cc(C(C)(C)c2ccc(C(C)(c3cc(COC)c(O)c(COC)c3)c3cc(COC)c(O)c(COC)c3)cc2)cc(COC)c1O. The predicted octanol–water partition coefficient (Wildman–Crippen LogP) is 7.78. The van der Waals surface area contributed by atoms with Crippen molar-refractivity contribution in [2.24, 2.45) is 0 Å². The first kappa shape index (κ1) is 37.9. The van der Waals surface area contributed by atoms with E-state index >= 15 is 0 Å². The number of methoxy groups -OCH3 is 5. The second-order valence-electron chi connectivity index (χ2n) is 13.3. The number of benzene rings is 4. The van der Waals surface area contributed by atoms with Gasteiger partial charge in [0.25, 0.3) is 0 Å². The molecule has 0 unspecified atom stereocenters. The number of ether oxygens (including phenoxy) is 5. The van der Waals surface area contributed by atoms with Crippen molar-refractivity contribution in [3.63, 3.8) is 0 Å². The fraction of sp³-hybridized carbons (Fsp3) is 0.415. The van der Waals surface area contributed by atoms with Crippen LogP contribution in [-0.4, -0.2) is 50.9 Å². The van der Waals surface area contributed by atoms with Crippen molar-refractivity contribution in [1.82, 2.24) is 0 Å². The van der Waals surface area contributed by atoms with Gasteiger partial charge in [-0.15, -0.1) is 0 Å². The third kappa shape index (κ3) is 7.64. The minimum absolute atomic E-state index is 0.144. The van der Waals surface area contributed by atoms with Gasteiger partial charge >= 0.3 is 0 Å². The molecule has 8 heteroatoms. The topological polar surface area (TPSA) is 107 Å². The normalized spacial score (nSPS) is 12.1. The smallest absolute Gasteiger partial charge is 0.126 e. The fourth-order valence-corrected chi connectivity index (χ4v) is 6.70. The van der Waals surface area contributed by atoms with E-state index in [9.17, 15) is 15.3 Å². The van der Waals surface area contributed by atoms with Crippen molar-refractivity contribution in [1.29, 1.82) is 0 Å². The molecule has 0 bridgehead atoms. The van der Waals surface area contributed by atoms with E-state index in [0.717, 1.165) is 38.9 Å². The molecule has 0 fully saturated rings. The highest BCUT2D eigenvalue weighted by Crippen LogP contribution is 2.45. The summed E-state index contributed by atoms with van der Waals surface area (Å²) in [6, 6.07) is 20.6. The molecule has 0 aromatic heterocycles. The molecule has 264 valence electrons. The Labute approximate surface area is 291 Å². The summed E-state index contributed by atoms with van der Waals surface area (Å²) in [5.74, 6) is 0.580. The molecule has 0 saturated carbocycles. The molecule has 0 aliphatic carbocycles. The Kier molecular flexibility index (Phi) is 12.5. The Morgan fingerprint density at radius 2 is 0.714 bits per heavy atom. The maximum atomic E-state index is 11.1. The Morgan fingerprint density at radius 1 is 0.429 bits per heavy atom. The molecular formula is C41H52O8. The third-order valence-corrected chi connectivity index (χ3v) is 9.74. The zero-order valence-electron chi connectivity index (χ0n) is 30.4. The highest BCUT2D eigenvalue weighted by atomic mass is 16.5. The van der Waals surface area contributed by atoms with Gasteiger partial charge in [-0.1, -0.05) is 51.1 Å². The summed E-state index contributed by atoms with van der Waals surface area (Å²) in [6.07, 6.45) is 0.704. The first-order valence-corrected chi connectivity index (χ1v) is 16.5. The molecular weight excluding hydrogens is 620 g/mol. The highest BCUT2D eigenvalue weighted by molar-refractivity contribution is 5.58. The molecule has 0 spiro atoms. The molecule has 0 aliphatic heterocycles. The number of phenols is 3. The second-order valence-corrected chi connectivity index (χ2v) is 13.3. The summed E-state index contributed by atoms with van der Waals surface area (Å²) in [7, 11) is 8.04. The molecule has 0 heterocycles. The zero-order chi connectivity index (χ0) is 35.9. The van der Waals surface area contributed by atoms with E-state index in [0.29, 0.717) is 41.0 Å². The van der Waals surface area contributed by atoms with Gasteiger partial charge in [-0.3, -0.25) is 0 Å². The fourth-order valence-electron chi connectivity index (χ4n) is 6.70. The number of hydrogen-bond donors (Lipinski definition) is 3. The quantitative estimate of drug-likeness (QED) is 0.104. The molecule has 4 aromatic carbocycles. The monoisotopic (exact) mass is 672 g/mol. The van der Waals surface area contributed by atoms with E-state index in [1.165, 1.54) is 0 Å². The molecule has 0 aliphatic rings. The number of hydrogen-bond acceptors (Lipinski definition) is 8. The Morgan fingerprint density at radius 3 is 1.04 bits per heavy atom. The largest absolute Gasteiger partial charge is 0.507 e. The van der Waals surface area contributed by atoms with Gasteiger partial charge in [-0.05, 0) is 77.1 Å². The van der Waals surface area contributed by atoms with Crippen LogP contribution in [0.25, 0.3) is 0 Å². The van der Waals surface area contributed by atoms with Gasteiger partial charge < -0.3 is 39.0 Å². The molecule has 0 atom stereocenters. The van der Waals surface area contributed by atoms with Crippen LogP contribution in [0.2, 0.25) is 0 Å². The minimum Gasteiger partial charge on any atom is -0.507 e. The van der Waals surface area contributed by atoms with Gasteiger partial charge in [0, 0.05) is 74.2 Å².